The van der Waals surface area contributed by atoms with E-state index in [-0.39, 0.29) is 18.1 Å². The van der Waals surface area contributed by atoms with Crippen LogP contribution >= 0.6 is 0 Å². The van der Waals surface area contributed by atoms with Gasteiger partial charge in [-0.2, -0.15) is 0 Å². The van der Waals surface area contributed by atoms with E-state index in [1.807, 2.05) is 0 Å². The third kappa shape index (κ3) is 5.54. The molecule has 112 valence electrons. The van der Waals surface area contributed by atoms with Gasteiger partial charge in [-0.15, -0.1) is 0 Å². The fourth-order valence-corrected chi connectivity index (χ4v) is 2.71. The lowest BCUT2D eigenvalue weighted by atomic mass is 10.1. The van der Waals surface area contributed by atoms with E-state index >= 15 is 0 Å². The van der Waals surface area contributed by atoms with Crippen LogP contribution in [0.15, 0.2) is 18.2 Å². The molecule has 0 atom stereocenters. The maximum absolute atomic E-state index is 11.9. The highest BCUT2D eigenvalue weighted by Crippen LogP contribution is 2.05. The van der Waals surface area contributed by atoms with Gasteiger partial charge in [0.05, 0.1) is 6.26 Å². The molecule has 1 aromatic rings. The molecule has 0 aromatic carbocycles. The SMILES string of the molecule is CNc1cccc(C(=O)NCC(C)(C)NS(C)(=O)=O)n1. The summed E-state index contributed by atoms with van der Waals surface area (Å²) >= 11 is 0. The Kier molecular flexibility index (Phi) is 5.07. The van der Waals surface area contributed by atoms with Gasteiger partial charge in [0.2, 0.25) is 10.0 Å². The molecule has 20 heavy (non-hydrogen) atoms. The second-order valence-corrected chi connectivity index (χ2v) is 6.85. The van der Waals surface area contributed by atoms with Gasteiger partial charge in [0.15, 0.2) is 0 Å². The molecular formula is C12H20N4O3S. The molecule has 0 saturated carbocycles. The number of sulfonamides is 1. The van der Waals surface area contributed by atoms with Gasteiger partial charge in [-0.1, -0.05) is 6.07 Å². The van der Waals surface area contributed by atoms with Crippen molar-refractivity contribution in [2.45, 2.75) is 19.4 Å². The minimum atomic E-state index is -3.33. The summed E-state index contributed by atoms with van der Waals surface area (Å²) in [4.78, 5) is 16.1. The smallest absolute Gasteiger partial charge is 0.270 e. The Morgan fingerprint density at radius 3 is 2.55 bits per heavy atom. The van der Waals surface area contributed by atoms with Gasteiger partial charge in [0.25, 0.3) is 5.91 Å². The zero-order valence-electron chi connectivity index (χ0n) is 12.0. The van der Waals surface area contributed by atoms with E-state index in [4.69, 9.17) is 0 Å². The van der Waals surface area contributed by atoms with E-state index in [9.17, 15) is 13.2 Å². The Morgan fingerprint density at radius 2 is 2.00 bits per heavy atom. The zero-order chi connectivity index (χ0) is 15.4. The second-order valence-electron chi connectivity index (χ2n) is 5.10. The van der Waals surface area contributed by atoms with Crippen molar-refractivity contribution in [1.29, 1.82) is 0 Å². The lowest BCUT2D eigenvalue weighted by molar-refractivity contribution is 0.0939. The summed E-state index contributed by atoms with van der Waals surface area (Å²) in [5, 5.41) is 5.50. The molecule has 0 aliphatic rings. The molecule has 0 aliphatic heterocycles. The average molecular weight is 300 g/mol. The number of hydrogen-bond donors (Lipinski definition) is 3. The fourth-order valence-electron chi connectivity index (χ4n) is 1.63. The van der Waals surface area contributed by atoms with E-state index in [0.717, 1.165) is 6.26 Å². The Bertz CT molecular complexity index is 584. The molecule has 0 aliphatic carbocycles. The van der Waals surface area contributed by atoms with Gasteiger partial charge in [-0.3, -0.25) is 4.79 Å². The molecule has 0 radical (unpaired) electrons. The van der Waals surface area contributed by atoms with Gasteiger partial charge in [-0.05, 0) is 26.0 Å². The lowest BCUT2D eigenvalue weighted by Crippen LogP contribution is -2.51. The molecule has 0 unspecified atom stereocenters. The second kappa shape index (κ2) is 6.19. The van der Waals surface area contributed by atoms with E-state index < -0.39 is 15.6 Å². The Morgan fingerprint density at radius 1 is 1.35 bits per heavy atom. The monoisotopic (exact) mass is 300 g/mol. The number of nitrogens with zero attached hydrogens (tertiary/aromatic N) is 1. The number of carbonyl (C=O) groups excluding carboxylic acids is 1. The first-order valence-corrected chi connectivity index (χ1v) is 7.94. The number of rotatable bonds is 6. The van der Waals surface area contributed by atoms with Crippen molar-refractivity contribution in [1.82, 2.24) is 15.0 Å². The number of amides is 1. The van der Waals surface area contributed by atoms with Gasteiger partial charge < -0.3 is 10.6 Å². The molecule has 0 fully saturated rings. The topological polar surface area (TPSA) is 100 Å². The first kappa shape index (κ1) is 16.4. The van der Waals surface area contributed by atoms with Gasteiger partial charge >= 0.3 is 0 Å². The minimum absolute atomic E-state index is 0.157. The van der Waals surface area contributed by atoms with Crippen LogP contribution in [-0.2, 0) is 10.0 Å². The molecule has 1 rings (SSSR count). The van der Waals surface area contributed by atoms with Gasteiger partial charge in [-0.25, -0.2) is 18.1 Å². The molecular weight excluding hydrogens is 280 g/mol. The van der Waals surface area contributed by atoms with Crippen molar-refractivity contribution in [2.24, 2.45) is 0 Å². The highest BCUT2D eigenvalue weighted by atomic mass is 32.2. The van der Waals surface area contributed by atoms with Crippen molar-refractivity contribution in [3.8, 4) is 0 Å². The molecule has 8 heteroatoms. The molecule has 0 spiro atoms. The number of aromatic nitrogens is 1. The van der Waals surface area contributed by atoms with Gasteiger partial charge in [0, 0.05) is 19.1 Å². The van der Waals surface area contributed by atoms with Crippen LogP contribution in [0.25, 0.3) is 0 Å². The summed E-state index contributed by atoms with van der Waals surface area (Å²) in [6.45, 7) is 3.53. The molecule has 1 heterocycles. The quantitative estimate of drug-likeness (QED) is 0.696. The molecule has 0 bridgehead atoms. The van der Waals surface area contributed by atoms with Crippen molar-refractivity contribution in [3.05, 3.63) is 23.9 Å². The van der Waals surface area contributed by atoms with Crippen LogP contribution in [0, 0.1) is 0 Å². The first-order valence-electron chi connectivity index (χ1n) is 6.05. The van der Waals surface area contributed by atoms with Gasteiger partial charge in [0.1, 0.15) is 11.5 Å². The van der Waals surface area contributed by atoms with Crippen LogP contribution in [-0.4, -0.2) is 44.7 Å². The van der Waals surface area contributed by atoms with Crippen LogP contribution in [0.4, 0.5) is 5.82 Å². The lowest BCUT2D eigenvalue weighted by Gasteiger charge is -2.25. The fraction of sp³-hybridized carbons (Fsp3) is 0.500. The molecule has 0 saturated heterocycles. The van der Waals surface area contributed by atoms with Crippen molar-refractivity contribution >= 4 is 21.7 Å². The van der Waals surface area contributed by atoms with E-state index in [0.29, 0.717) is 5.82 Å². The van der Waals surface area contributed by atoms with E-state index in [2.05, 4.69) is 20.3 Å². The number of pyridine rings is 1. The predicted molar refractivity (Wildman–Crippen MR) is 78.2 cm³/mol. The zero-order valence-corrected chi connectivity index (χ0v) is 12.8. The van der Waals surface area contributed by atoms with Crippen LogP contribution in [0.1, 0.15) is 24.3 Å². The minimum Gasteiger partial charge on any atom is -0.373 e. The largest absolute Gasteiger partial charge is 0.373 e. The highest BCUT2D eigenvalue weighted by Gasteiger charge is 2.23. The van der Waals surface area contributed by atoms with Crippen LogP contribution < -0.4 is 15.4 Å². The first-order chi connectivity index (χ1) is 9.13. The molecule has 3 N–H and O–H groups in total. The molecule has 1 amide bonds. The number of carbonyl (C=O) groups is 1. The summed E-state index contributed by atoms with van der Waals surface area (Å²) in [5.74, 6) is 0.233. The summed E-state index contributed by atoms with van der Waals surface area (Å²) in [5.41, 5.74) is -0.504. The maximum Gasteiger partial charge on any atom is 0.270 e. The highest BCUT2D eigenvalue weighted by molar-refractivity contribution is 7.88. The number of anilines is 1. The third-order valence-electron chi connectivity index (χ3n) is 2.39. The Balaban J connectivity index is 2.67. The van der Waals surface area contributed by atoms with Crippen LogP contribution in [0.5, 0.6) is 0 Å². The van der Waals surface area contributed by atoms with Crippen molar-refractivity contribution < 1.29 is 13.2 Å². The van der Waals surface area contributed by atoms with Crippen molar-refractivity contribution in [3.63, 3.8) is 0 Å². The van der Waals surface area contributed by atoms with Crippen molar-refractivity contribution in [2.75, 3.05) is 25.2 Å². The summed E-state index contributed by atoms with van der Waals surface area (Å²) in [6.07, 6.45) is 1.08. The van der Waals surface area contributed by atoms with Crippen LogP contribution in [0.2, 0.25) is 0 Å². The Labute approximate surface area is 119 Å². The molecule has 1 aromatic heterocycles. The van der Waals surface area contributed by atoms with E-state index in [1.165, 1.54) is 0 Å². The van der Waals surface area contributed by atoms with E-state index in [1.54, 1.807) is 39.1 Å². The maximum atomic E-state index is 11.9. The standard InChI is InChI=1S/C12H20N4O3S/c1-12(2,16-20(4,18)19)8-14-11(17)9-6-5-7-10(13-3)15-9/h5-7,16H,8H2,1-4H3,(H,13,15)(H,14,17). The molecule has 7 nitrogen and oxygen atoms in total. The average Bonchev–Trinajstić information content (AvgIpc) is 2.33. The summed E-state index contributed by atoms with van der Waals surface area (Å²) in [7, 11) is -1.62. The predicted octanol–water partition coefficient (Wildman–Crippen LogP) is 0.181. The summed E-state index contributed by atoms with van der Waals surface area (Å²) in [6, 6.07) is 5.05. The Hall–Kier alpha value is -1.67. The summed E-state index contributed by atoms with van der Waals surface area (Å²) < 4.78 is 24.9. The van der Waals surface area contributed by atoms with Crippen LogP contribution in [0.3, 0.4) is 0 Å². The third-order valence-corrected chi connectivity index (χ3v) is 3.31. The normalized spacial score (nSPS) is 12.0. The number of nitrogens with one attached hydrogen (secondary N) is 3. The number of hydrogen-bond acceptors (Lipinski definition) is 5.